The van der Waals surface area contributed by atoms with Gasteiger partial charge in [-0.1, -0.05) is 39.3 Å². The van der Waals surface area contributed by atoms with Crippen molar-refractivity contribution in [1.82, 2.24) is 14.8 Å². The average molecular weight is 450 g/mol. The molecule has 0 atom stereocenters. The molecule has 0 saturated heterocycles. The van der Waals surface area contributed by atoms with Crippen LogP contribution < -0.4 is 5.32 Å². The molecule has 3 aromatic rings. The van der Waals surface area contributed by atoms with E-state index in [2.05, 4.69) is 66.0 Å². The molecule has 0 amide bonds. The molecular formula is C26H32ClN5. The summed E-state index contributed by atoms with van der Waals surface area (Å²) in [5.74, 6) is 0. The Morgan fingerprint density at radius 1 is 0.906 bits per heavy atom. The minimum absolute atomic E-state index is 0.670. The number of nitrogens with one attached hydrogen (secondary N) is 1. The number of aromatic nitrogens is 1. The van der Waals surface area contributed by atoms with E-state index < -0.39 is 0 Å². The van der Waals surface area contributed by atoms with E-state index in [9.17, 15) is 5.26 Å². The van der Waals surface area contributed by atoms with Crippen molar-refractivity contribution in [2.45, 2.75) is 40.8 Å². The fourth-order valence-electron chi connectivity index (χ4n) is 3.99. The van der Waals surface area contributed by atoms with E-state index in [0.717, 1.165) is 78.2 Å². The van der Waals surface area contributed by atoms with Crippen molar-refractivity contribution in [3.8, 4) is 6.07 Å². The molecule has 0 radical (unpaired) electrons. The summed E-state index contributed by atoms with van der Waals surface area (Å²) < 4.78 is 0. The first-order valence-corrected chi connectivity index (χ1v) is 11.7. The number of rotatable bonds is 10. The second-order valence-electron chi connectivity index (χ2n) is 7.85. The van der Waals surface area contributed by atoms with Crippen LogP contribution in [0.3, 0.4) is 0 Å². The number of fused-ring (bicyclic) bond motifs is 1. The molecule has 0 aliphatic carbocycles. The number of nitrogens with zero attached hydrogens (tertiary/aromatic N) is 4. The van der Waals surface area contributed by atoms with Gasteiger partial charge in [0.15, 0.2) is 0 Å². The van der Waals surface area contributed by atoms with Gasteiger partial charge in [-0.15, -0.1) is 0 Å². The van der Waals surface area contributed by atoms with Gasteiger partial charge >= 0.3 is 0 Å². The maximum absolute atomic E-state index is 10.0. The first kappa shape index (κ1) is 24.0. The van der Waals surface area contributed by atoms with Crippen molar-refractivity contribution >= 4 is 33.9 Å². The minimum Gasteiger partial charge on any atom is -0.355 e. The Hall–Kier alpha value is -2.65. The van der Waals surface area contributed by atoms with Crippen LogP contribution in [0.2, 0.25) is 5.02 Å². The van der Waals surface area contributed by atoms with Crippen molar-refractivity contribution in [2.24, 2.45) is 0 Å². The standard InChI is InChI=1S/C26H32ClN5/c1-5-31(6-2)17-19-13-22(14-20(24(19)16-28)18-32(7-3)8-4)30-25-11-12-29-26-15-21(27)9-10-23(25)26/h9-15H,5-8,17-18H2,1-4H3,(H,29,30). The zero-order chi connectivity index (χ0) is 23.1. The fourth-order valence-corrected chi connectivity index (χ4v) is 4.16. The highest BCUT2D eigenvalue weighted by Crippen LogP contribution is 2.30. The molecule has 1 N–H and O–H groups in total. The smallest absolute Gasteiger partial charge is 0.0998 e. The highest BCUT2D eigenvalue weighted by Gasteiger charge is 2.16. The SMILES string of the molecule is CCN(CC)Cc1cc(Nc2ccnc3cc(Cl)ccc23)cc(CN(CC)CC)c1C#N. The fraction of sp³-hybridized carbons (Fsp3) is 0.385. The minimum atomic E-state index is 0.670. The van der Waals surface area contributed by atoms with Crippen molar-refractivity contribution in [3.63, 3.8) is 0 Å². The Kier molecular flexibility index (Phi) is 8.46. The molecule has 0 aliphatic rings. The molecule has 32 heavy (non-hydrogen) atoms. The quantitative estimate of drug-likeness (QED) is 0.400. The van der Waals surface area contributed by atoms with E-state index in [1.54, 1.807) is 6.20 Å². The lowest BCUT2D eigenvalue weighted by Crippen LogP contribution is -2.25. The molecule has 0 bridgehead atoms. The van der Waals surface area contributed by atoms with Crippen molar-refractivity contribution in [3.05, 3.63) is 64.3 Å². The Bertz CT molecular complexity index is 1060. The Morgan fingerprint density at radius 3 is 2.03 bits per heavy atom. The molecule has 0 fully saturated rings. The van der Waals surface area contributed by atoms with Gasteiger partial charge in [0.2, 0.25) is 0 Å². The van der Waals surface area contributed by atoms with E-state index in [1.807, 2.05) is 24.3 Å². The third-order valence-electron chi connectivity index (χ3n) is 5.97. The largest absolute Gasteiger partial charge is 0.355 e. The van der Waals surface area contributed by atoms with Crippen LogP contribution in [0.5, 0.6) is 0 Å². The Morgan fingerprint density at radius 2 is 1.50 bits per heavy atom. The van der Waals surface area contributed by atoms with Crippen LogP contribution >= 0.6 is 11.6 Å². The van der Waals surface area contributed by atoms with Gasteiger partial charge in [0.05, 0.1) is 17.1 Å². The lowest BCUT2D eigenvalue weighted by molar-refractivity contribution is 0.290. The molecule has 3 rings (SSSR count). The van der Waals surface area contributed by atoms with E-state index in [1.165, 1.54) is 0 Å². The molecule has 2 aromatic carbocycles. The van der Waals surface area contributed by atoms with Crippen molar-refractivity contribution < 1.29 is 0 Å². The van der Waals surface area contributed by atoms with Gasteiger partial charge in [0.1, 0.15) is 0 Å². The second-order valence-corrected chi connectivity index (χ2v) is 8.29. The molecule has 0 saturated carbocycles. The maximum Gasteiger partial charge on any atom is 0.0998 e. The number of pyridine rings is 1. The van der Waals surface area contributed by atoms with E-state index >= 15 is 0 Å². The molecule has 0 aliphatic heterocycles. The van der Waals surface area contributed by atoms with Crippen LogP contribution in [0, 0.1) is 11.3 Å². The number of anilines is 2. The van der Waals surface area contributed by atoms with Crippen molar-refractivity contribution in [2.75, 3.05) is 31.5 Å². The van der Waals surface area contributed by atoms with Gasteiger partial charge in [0.25, 0.3) is 0 Å². The topological polar surface area (TPSA) is 55.2 Å². The number of hydrogen-bond acceptors (Lipinski definition) is 5. The monoisotopic (exact) mass is 449 g/mol. The van der Waals surface area contributed by atoms with E-state index in [-0.39, 0.29) is 0 Å². The molecule has 168 valence electrons. The van der Waals surface area contributed by atoms with Gasteiger partial charge < -0.3 is 5.32 Å². The first-order chi connectivity index (χ1) is 15.5. The summed E-state index contributed by atoms with van der Waals surface area (Å²) in [7, 11) is 0. The van der Waals surface area contributed by atoms with E-state index in [0.29, 0.717) is 5.02 Å². The van der Waals surface area contributed by atoms with Crippen LogP contribution in [0.1, 0.15) is 44.4 Å². The first-order valence-electron chi connectivity index (χ1n) is 11.3. The van der Waals surface area contributed by atoms with Gasteiger partial charge in [-0.3, -0.25) is 14.8 Å². The predicted molar refractivity (Wildman–Crippen MR) is 134 cm³/mol. The van der Waals surface area contributed by atoms with Gasteiger partial charge in [0, 0.05) is 41.1 Å². The molecule has 0 spiro atoms. The maximum atomic E-state index is 10.0. The summed E-state index contributed by atoms with van der Waals surface area (Å²) in [6.45, 7) is 13.9. The zero-order valence-corrected chi connectivity index (χ0v) is 20.2. The molecule has 0 unspecified atom stereocenters. The third-order valence-corrected chi connectivity index (χ3v) is 6.21. The van der Waals surface area contributed by atoms with Gasteiger partial charge in [-0.2, -0.15) is 5.26 Å². The number of hydrogen-bond donors (Lipinski definition) is 1. The van der Waals surface area contributed by atoms with Crippen LogP contribution in [0.15, 0.2) is 42.6 Å². The van der Waals surface area contributed by atoms with Crippen LogP contribution in [-0.2, 0) is 13.1 Å². The van der Waals surface area contributed by atoms with Crippen LogP contribution in [-0.4, -0.2) is 41.0 Å². The Balaban J connectivity index is 2.07. The molecule has 1 heterocycles. The molecular weight excluding hydrogens is 418 g/mol. The Labute approximate surface area is 196 Å². The highest BCUT2D eigenvalue weighted by molar-refractivity contribution is 6.31. The molecule has 1 aromatic heterocycles. The summed E-state index contributed by atoms with van der Waals surface area (Å²) in [6, 6.07) is 14.4. The number of benzene rings is 2. The van der Waals surface area contributed by atoms with Crippen LogP contribution in [0.25, 0.3) is 10.9 Å². The third kappa shape index (κ3) is 5.58. The van der Waals surface area contributed by atoms with Gasteiger partial charge in [-0.25, -0.2) is 0 Å². The summed E-state index contributed by atoms with van der Waals surface area (Å²) in [5, 5.41) is 15.3. The average Bonchev–Trinajstić information content (AvgIpc) is 2.80. The molecule has 5 nitrogen and oxygen atoms in total. The normalized spacial score (nSPS) is 11.3. The van der Waals surface area contributed by atoms with Crippen LogP contribution in [0.4, 0.5) is 11.4 Å². The number of nitriles is 1. The lowest BCUT2D eigenvalue weighted by atomic mass is 9.99. The highest BCUT2D eigenvalue weighted by atomic mass is 35.5. The predicted octanol–water partition coefficient (Wildman–Crippen LogP) is 6.19. The lowest BCUT2D eigenvalue weighted by Gasteiger charge is -2.24. The zero-order valence-electron chi connectivity index (χ0n) is 19.5. The summed E-state index contributed by atoms with van der Waals surface area (Å²) in [4.78, 5) is 9.13. The van der Waals surface area contributed by atoms with Crippen molar-refractivity contribution in [1.29, 1.82) is 5.26 Å². The summed E-state index contributed by atoms with van der Waals surface area (Å²) >= 11 is 6.16. The second kappa shape index (κ2) is 11.3. The summed E-state index contributed by atoms with van der Waals surface area (Å²) in [6.07, 6.45) is 1.79. The van der Waals surface area contributed by atoms with E-state index in [4.69, 9.17) is 11.6 Å². The number of halogens is 1. The summed E-state index contributed by atoms with van der Waals surface area (Å²) in [5.41, 5.74) is 5.72. The molecule has 6 heteroatoms. The van der Waals surface area contributed by atoms with Gasteiger partial charge in [-0.05, 0) is 73.7 Å².